The first kappa shape index (κ1) is 11.1. The lowest BCUT2D eigenvalue weighted by atomic mass is 9.87. The van der Waals surface area contributed by atoms with Crippen molar-refractivity contribution < 1.29 is 4.79 Å². The fraction of sp³-hybridized carbons (Fsp3) is 0.538. The van der Waals surface area contributed by atoms with E-state index < -0.39 is 0 Å². The van der Waals surface area contributed by atoms with Crippen molar-refractivity contribution in [3.8, 4) is 0 Å². The predicted molar refractivity (Wildman–Crippen MR) is 63.4 cm³/mol. The molecule has 3 nitrogen and oxygen atoms in total. The van der Waals surface area contributed by atoms with E-state index in [-0.39, 0.29) is 17.4 Å². The molecular formula is C13H18N2O. The van der Waals surface area contributed by atoms with Crippen molar-refractivity contribution in [1.82, 2.24) is 9.88 Å². The minimum absolute atomic E-state index is 0.0344. The van der Waals surface area contributed by atoms with Crippen LogP contribution in [-0.2, 0) is 5.41 Å². The number of rotatable bonds is 0. The van der Waals surface area contributed by atoms with E-state index in [1.807, 2.05) is 26.2 Å². The molecule has 86 valence electrons. The monoisotopic (exact) mass is 218 g/mol. The third kappa shape index (κ3) is 1.51. The number of fused-ring (bicyclic) bond motifs is 1. The Hall–Kier alpha value is -1.38. The molecule has 1 atom stereocenters. The Morgan fingerprint density at radius 2 is 2.00 bits per heavy atom. The Labute approximate surface area is 96.5 Å². The maximum absolute atomic E-state index is 12.0. The van der Waals surface area contributed by atoms with E-state index in [4.69, 9.17) is 0 Å². The van der Waals surface area contributed by atoms with E-state index in [0.717, 1.165) is 16.8 Å². The highest BCUT2D eigenvalue weighted by Gasteiger charge is 2.33. The first-order valence-electron chi connectivity index (χ1n) is 5.60. The third-order valence-corrected chi connectivity index (χ3v) is 3.31. The van der Waals surface area contributed by atoms with Crippen molar-refractivity contribution in [3.63, 3.8) is 0 Å². The summed E-state index contributed by atoms with van der Waals surface area (Å²) in [6, 6.07) is 2.08. The average Bonchev–Trinajstić information content (AvgIpc) is 2.43. The highest BCUT2D eigenvalue weighted by molar-refractivity contribution is 5.98. The van der Waals surface area contributed by atoms with Crippen molar-refractivity contribution in [2.24, 2.45) is 0 Å². The molecule has 0 aromatic carbocycles. The second-order valence-electron chi connectivity index (χ2n) is 5.50. The summed E-state index contributed by atoms with van der Waals surface area (Å²) in [6.45, 7) is 8.39. The number of aromatic nitrogens is 1. The van der Waals surface area contributed by atoms with Crippen LogP contribution in [0, 0.1) is 0 Å². The molecule has 3 heteroatoms. The number of pyridine rings is 1. The zero-order valence-corrected chi connectivity index (χ0v) is 10.5. The normalized spacial score (nSPS) is 20.2. The lowest BCUT2D eigenvalue weighted by Crippen LogP contribution is -2.21. The van der Waals surface area contributed by atoms with Gasteiger partial charge in [0.15, 0.2) is 0 Å². The van der Waals surface area contributed by atoms with Crippen LogP contribution < -0.4 is 0 Å². The van der Waals surface area contributed by atoms with Gasteiger partial charge in [0.25, 0.3) is 5.91 Å². The highest BCUT2D eigenvalue weighted by atomic mass is 16.2. The van der Waals surface area contributed by atoms with Crippen LogP contribution in [-0.4, -0.2) is 22.8 Å². The molecule has 2 heterocycles. The third-order valence-electron chi connectivity index (χ3n) is 3.31. The number of carbonyl (C=O) groups excluding carboxylic acids is 1. The molecular weight excluding hydrogens is 200 g/mol. The molecule has 0 N–H and O–H groups in total. The van der Waals surface area contributed by atoms with Gasteiger partial charge in [0.1, 0.15) is 0 Å². The van der Waals surface area contributed by atoms with Crippen LogP contribution in [0.25, 0.3) is 0 Å². The number of carbonyl (C=O) groups is 1. The van der Waals surface area contributed by atoms with Gasteiger partial charge in [-0.3, -0.25) is 9.78 Å². The number of hydrogen-bond donors (Lipinski definition) is 0. The second-order valence-corrected chi connectivity index (χ2v) is 5.50. The van der Waals surface area contributed by atoms with Crippen LogP contribution >= 0.6 is 0 Å². The zero-order valence-electron chi connectivity index (χ0n) is 10.5. The highest BCUT2D eigenvalue weighted by Crippen LogP contribution is 2.32. The minimum Gasteiger partial charge on any atom is -0.333 e. The molecule has 2 rings (SSSR count). The van der Waals surface area contributed by atoms with Gasteiger partial charge in [0, 0.05) is 13.2 Å². The van der Waals surface area contributed by atoms with Crippen molar-refractivity contribution in [2.45, 2.75) is 39.2 Å². The van der Waals surface area contributed by atoms with Gasteiger partial charge in [-0.2, -0.15) is 0 Å². The summed E-state index contributed by atoms with van der Waals surface area (Å²) in [6.07, 6.45) is 1.89. The largest absolute Gasteiger partial charge is 0.333 e. The van der Waals surface area contributed by atoms with Crippen LogP contribution in [0.1, 0.15) is 55.4 Å². The van der Waals surface area contributed by atoms with Crippen LogP contribution in [0.3, 0.4) is 0 Å². The van der Waals surface area contributed by atoms with Gasteiger partial charge in [-0.05, 0) is 24.0 Å². The summed E-state index contributed by atoms with van der Waals surface area (Å²) >= 11 is 0. The Balaban J connectivity index is 2.54. The van der Waals surface area contributed by atoms with Crippen LogP contribution in [0.4, 0.5) is 0 Å². The van der Waals surface area contributed by atoms with Crippen LogP contribution in [0.2, 0.25) is 0 Å². The summed E-state index contributed by atoms with van der Waals surface area (Å²) in [5, 5.41) is 0. The molecule has 0 radical (unpaired) electrons. The van der Waals surface area contributed by atoms with Gasteiger partial charge in [0.2, 0.25) is 0 Å². The van der Waals surface area contributed by atoms with Crippen molar-refractivity contribution >= 4 is 5.91 Å². The molecule has 0 saturated carbocycles. The van der Waals surface area contributed by atoms with Gasteiger partial charge >= 0.3 is 0 Å². The van der Waals surface area contributed by atoms with E-state index in [2.05, 4.69) is 25.8 Å². The smallest absolute Gasteiger partial charge is 0.256 e. The zero-order chi connectivity index (χ0) is 12.1. The molecule has 0 saturated heterocycles. The molecule has 1 unspecified atom stereocenters. The summed E-state index contributed by atoms with van der Waals surface area (Å²) in [5.74, 6) is 0.0844. The number of hydrogen-bond acceptors (Lipinski definition) is 2. The van der Waals surface area contributed by atoms with Gasteiger partial charge in [-0.15, -0.1) is 0 Å². The maximum Gasteiger partial charge on any atom is 0.256 e. The maximum atomic E-state index is 12.0. The van der Waals surface area contributed by atoms with Gasteiger partial charge < -0.3 is 4.90 Å². The van der Waals surface area contributed by atoms with E-state index >= 15 is 0 Å². The van der Waals surface area contributed by atoms with Crippen molar-refractivity contribution in [2.75, 3.05) is 7.05 Å². The van der Waals surface area contributed by atoms with Crippen LogP contribution in [0.15, 0.2) is 12.3 Å². The molecule has 1 aliphatic heterocycles. The Morgan fingerprint density at radius 1 is 1.38 bits per heavy atom. The van der Waals surface area contributed by atoms with Gasteiger partial charge in [-0.25, -0.2) is 0 Å². The van der Waals surface area contributed by atoms with E-state index in [9.17, 15) is 4.79 Å². The number of nitrogens with zero attached hydrogens (tertiary/aromatic N) is 2. The van der Waals surface area contributed by atoms with Crippen molar-refractivity contribution in [1.29, 1.82) is 0 Å². The topological polar surface area (TPSA) is 33.2 Å². The first-order chi connectivity index (χ1) is 7.32. The lowest BCUT2D eigenvalue weighted by Gasteiger charge is -2.18. The lowest BCUT2D eigenvalue weighted by molar-refractivity contribution is 0.0783. The van der Waals surface area contributed by atoms with E-state index in [1.165, 1.54) is 0 Å². The predicted octanol–water partition coefficient (Wildman–Crippen LogP) is 2.53. The Kier molecular flexibility index (Phi) is 2.30. The molecule has 0 spiro atoms. The molecule has 1 amide bonds. The van der Waals surface area contributed by atoms with Gasteiger partial charge in [0.05, 0.1) is 17.3 Å². The molecule has 1 aliphatic rings. The summed E-state index contributed by atoms with van der Waals surface area (Å²) in [5.41, 5.74) is 2.82. The van der Waals surface area contributed by atoms with Crippen LogP contribution in [0.5, 0.6) is 0 Å². The summed E-state index contributed by atoms with van der Waals surface area (Å²) in [4.78, 5) is 18.2. The molecule has 1 aromatic heterocycles. The molecule has 16 heavy (non-hydrogen) atoms. The van der Waals surface area contributed by atoms with E-state index in [1.54, 1.807) is 4.90 Å². The Morgan fingerprint density at radius 3 is 2.56 bits per heavy atom. The number of amides is 1. The fourth-order valence-corrected chi connectivity index (χ4v) is 1.94. The van der Waals surface area contributed by atoms with Crippen molar-refractivity contribution in [3.05, 3.63) is 29.1 Å². The van der Waals surface area contributed by atoms with E-state index in [0.29, 0.717) is 0 Å². The SMILES string of the molecule is CC1c2ncc(C(C)(C)C)cc2C(=O)N1C. The minimum atomic E-state index is 0.0344. The molecule has 0 bridgehead atoms. The second kappa shape index (κ2) is 3.30. The molecule has 0 aliphatic carbocycles. The van der Waals surface area contributed by atoms with Gasteiger partial charge in [-0.1, -0.05) is 20.8 Å². The quantitative estimate of drug-likeness (QED) is 0.670. The molecule has 0 fully saturated rings. The fourth-order valence-electron chi connectivity index (χ4n) is 1.94. The first-order valence-corrected chi connectivity index (χ1v) is 5.60. The molecule has 1 aromatic rings. The standard InChI is InChI=1S/C13H18N2O/c1-8-11-10(12(16)15(8)5)6-9(7-14-11)13(2,3)4/h6-8H,1-5H3. The summed E-state index contributed by atoms with van der Waals surface area (Å²) < 4.78 is 0. The average molecular weight is 218 g/mol. The summed E-state index contributed by atoms with van der Waals surface area (Å²) in [7, 11) is 1.82. The Bertz CT molecular complexity index is 446.